The first-order chi connectivity index (χ1) is 10.6. The van der Waals surface area contributed by atoms with Crippen LogP contribution >= 0.6 is 12.4 Å². The largest absolute Gasteiger partial charge is 0.345 e. The lowest BCUT2D eigenvalue weighted by Gasteiger charge is -2.35. The number of carbonyl (C=O) groups excluding carboxylic acids is 1. The maximum Gasteiger partial charge on any atom is 0.225 e. The van der Waals surface area contributed by atoms with Crippen molar-refractivity contribution in [3.63, 3.8) is 0 Å². The van der Waals surface area contributed by atoms with Crippen molar-refractivity contribution >= 4 is 28.3 Å². The lowest BCUT2D eigenvalue weighted by Crippen LogP contribution is -2.46. The second-order valence-electron chi connectivity index (χ2n) is 7.41. The molecule has 6 nitrogen and oxygen atoms in total. The molecule has 0 atom stereocenters. The first-order valence-electron chi connectivity index (χ1n) is 8.56. The molecule has 1 heterocycles. The Balaban J connectivity index is 0.00000529. The third kappa shape index (κ3) is 6.86. The number of hydrogen-bond acceptors (Lipinski definition) is 4. The topological polar surface area (TPSA) is 83.7 Å². The molecule has 144 valence electrons. The van der Waals surface area contributed by atoms with Gasteiger partial charge in [-0.1, -0.05) is 27.2 Å². The van der Waals surface area contributed by atoms with Crippen LogP contribution < -0.4 is 5.73 Å². The summed E-state index contributed by atoms with van der Waals surface area (Å²) in [4.78, 5) is 14.3. The summed E-state index contributed by atoms with van der Waals surface area (Å²) in [6.45, 7) is 8.13. The number of nitrogens with two attached hydrogens (primary N) is 1. The van der Waals surface area contributed by atoms with Gasteiger partial charge in [-0.15, -0.1) is 12.4 Å². The van der Waals surface area contributed by atoms with Gasteiger partial charge < -0.3 is 10.6 Å². The third-order valence-electron chi connectivity index (χ3n) is 4.55. The van der Waals surface area contributed by atoms with Gasteiger partial charge >= 0.3 is 0 Å². The zero-order valence-electron chi connectivity index (χ0n) is 15.5. The molecule has 1 aliphatic heterocycles. The Morgan fingerprint density at radius 2 is 1.83 bits per heavy atom. The number of rotatable bonds is 8. The van der Waals surface area contributed by atoms with Gasteiger partial charge in [0.1, 0.15) is 0 Å². The fourth-order valence-corrected chi connectivity index (χ4v) is 4.61. The van der Waals surface area contributed by atoms with Crippen molar-refractivity contribution in [2.75, 3.05) is 39.0 Å². The first-order valence-corrected chi connectivity index (χ1v) is 10.2. The monoisotopic (exact) mass is 383 g/mol. The molecular weight excluding hydrogens is 350 g/mol. The van der Waals surface area contributed by atoms with Crippen LogP contribution in [-0.4, -0.2) is 62.5 Å². The van der Waals surface area contributed by atoms with Crippen LogP contribution in [0.2, 0.25) is 0 Å². The maximum atomic E-state index is 12.5. The quantitative estimate of drug-likeness (QED) is 0.691. The van der Waals surface area contributed by atoms with E-state index in [2.05, 4.69) is 0 Å². The van der Waals surface area contributed by atoms with E-state index in [1.54, 1.807) is 9.21 Å². The Morgan fingerprint density at radius 1 is 1.29 bits per heavy atom. The molecule has 2 N–H and O–H groups in total. The average Bonchev–Trinajstić information content (AvgIpc) is 2.52. The minimum Gasteiger partial charge on any atom is -0.345 e. The summed E-state index contributed by atoms with van der Waals surface area (Å²) in [7, 11) is -1.35. The highest BCUT2D eigenvalue weighted by atomic mass is 35.5. The number of halogens is 1. The van der Waals surface area contributed by atoms with Crippen molar-refractivity contribution in [2.45, 2.75) is 46.5 Å². The van der Waals surface area contributed by atoms with Crippen molar-refractivity contribution in [2.24, 2.45) is 17.1 Å². The van der Waals surface area contributed by atoms with Gasteiger partial charge in [0.25, 0.3) is 0 Å². The molecule has 24 heavy (non-hydrogen) atoms. The van der Waals surface area contributed by atoms with Gasteiger partial charge in [0.15, 0.2) is 0 Å². The standard InChI is InChI=1S/C16H33N3O3S.ClH/c1-5-6-11-23(21,22)19-9-7-14(8-10-19)15(20)18(4)13-16(2,3)12-17;/h14H,5-13,17H2,1-4H3;1H. The van der Waals surface area contributed by atoms with Crippen molar-refractivity contribution in [3.8, 4) is 0 Å². The number of nitrogens with zero attached hydrogens (tertiary/aromatic N) is 2. The van der Waals surface area contributed by atoms with E-state index < -0.39 is 10.0 Å². The summed E-state index contributed by atoms with van der Waals surface area (Å²) in [5.41, 5.74) is 5.63. The Bertz CT molecular complexity index is 489. The van der Waals surface area contributed by atoms with E-state index in [9.17, 15) is 13.2 Å². The van der Waals surface area contributed by atoms with Gasteiger partial charge in [0.2, 0.25) is 15.9 Å². The van der Waals surface area contributed by atoms with E-state index in [0.29, 0.717) is 45.4 Å². The van der Waals surface area contributed by atoms with E-state index in [4.69, 9.17) is 5.73 Å². The van der Waals surface area contributed by atoms with Gasteiger partial charge in [-0.25, -0.2) is 12.7 Å². The van der Waals surface area contributed by atoms with E-state index in [1.807, 2.05) is 27.8 Å². The number of piperidine rings is 1. The van der Waals surface area contributed by atoms with Crippen LogP contribution in [0.4, 0.5) is 0 Å². The van der Waals surface area contributed by atoms with Gasteiger partial charge in [0, 0.05) is 32.6 Å². The highest BCUT2D eigenvalue weighted by molar-refractivity contribution is 7.89. The van der Waals surface area contributed by atoms with Crippen LogP contribution in [0.15, 0.2) is 0 Å². The van der Waals surface area contributed by atoms with Gasteiger partial charge in [-0.3, -0.25) is 4.79 Å². The number of hydrogen-bond donors (Lipinski definition) is 1. The fraction of sp³-hybridized carbons (Fsp3) is 0.938. The van der Waals surface area contributed by atoms with Crippen LogP contribution in [0.5, 0.6) is 0 Å². The predicted octanol–water partition coefficient (Wildman–Crippen LogP) is 1.69. The predicted molar refractivity (Wildman–Crippen MR) is 101 cm³/mol. The van der Waals surface area contributed by atoms with E-state index in [1.165, 1.54) is 0 Å². The van der Waals surface area contributed by atoms with Crippen molar-refractivity contribution in [1.29, 1.82) is 0 Å². The Kier molecular flexibility index (Phi) is 9.79. The van der Waals surface area contributed by atoms with Crippen LogP contribution in [-0.2, 0) is 14.8 Å². The molecular formula is C16H34ClN3O3S. The van der Waals surface area contributed by atoms with Crippen LogP contribution in [0.3, 0.4) is 0 Å². The number of amides is 1. The van der Waals surface area contributed by atoms with Gasteiger partial charge in [-0.2, -0.15) is 0 Å². The molecule has 0 aliphatic carbocycles. The summed E-state index contributed by atoms with van der Waals surface area (Å²) >= 11 is 0. The van der Waals surface area contributed by atoms with E-state index in [-0.39, 0.29) is 35.4 Å². The van der Waals surface area contributed by atoms with Crippen molar-refractivity contribution < 1.29 is 13.2 Å². The zero-order valence-corrected chi connectivity index (χ0v) is 17.1. The summed E-state index contributed by atoms with van der Waals surface area (Å²) in [6, 6.07) is 0. The number of unbranched alkanes of at least 4 members (excludes halogenated alkanes) is 1. The summed E-state index contributed by atoms with van der Waals surface area (Å²) in [5.74, 6) is 0.246. The van der Waals surface area contributed by atoms with Crippen LogP contribution in [0.25, 0.3) is 0 Å². The molecule has 1 saturated heterocycles. The van der Waals surface area contributed by atoms with E-state index >= 15 is 0 Å². The molecule has 8 heteroatoms. The second kappa shape index (κ2) is 9.94. The molecule has 0 aromatic heterocycles. The Labute approximate surface area is 153 Å². The maximum absolute atomic E-state index is 12.5. The molecule has 0 unspecified atom stereocenters. The smallest absolute Gasteiger partial charge is 0.225 e. The SMILES string of the molecule is CCCCS(=O)(=O)N1CCC(C(=O)N(C)CC(C)(C)CN)CC1.Cl. The second-order valence-corrected chi connectivity index (χ2v) is 9.49. The molecule has 0 aromatic carbocycles. The number of carbonyl (C=O) groups is 1. The lowest BCUT2D eigenvalue weighted by atomic mass is 9.91. The summed E-state index contributed by atoms with van der Waals surface area (Å²) in [6.07, 6.45) is 2.78. The molecule has 1 rings (SSSR count). The average molecular weight is 384 g/mol. The molecule has 0 bridgehead atoms. The molecule has 0 aromatic rings. The fourth-order valence-electron chi connectivity index (χ4n) is 2.93. The van der Waals surface area contributed by atoms with Crippen molar-refractivity contribution in [1.82, 2.24) is 9.21 Å². The summed E-state index contributed by atoms with van der Waals surface area (Å²) < 4.78 is 25.9. The minimum atomic E-state index is -3.16. The highest BCUT2D eigenvalue weighted by Crippen LogP contribution is 2.23. The normalized spacial score (nSPS) is 17.4. The zero-order chi connectivity index (χ0) is 17.7. The molecule has 0 saturated carbocycles. The van der Waals surface area contributed by atoms with Gasteiger partial charge in [0.05, 0.1) is 5.75 Å². The Morgan fingerprint density at radius 3 is 2.29 bits per heavy atom. The lowest BCUT2D eigenvalue weighted by molar-refractivity contribution is -0.136. The summed E-state index contributed by atoms with van der Waals surface area (Å²) in [5, 5.41) is 0. The van der Waals surface area contributed by atoms with E-state index in [0.717, 1.165) is 6.42 Å². The van der Waals surface area contributed by atoms with Crippen LogP contribution in [0, 0.1) is 11.3 Å². The molecule has 0 spiro atoms. The van der Waals surface area contributed by atoms with Gasteiger partial charge in [-0.05, 0) is 31.2 Å². The Hall–Kier alpha value is -0.370. The molecule has 1 aliphatic rings. The minimum absolute atomic E-state index is 0. The highest BCUT2D eigenvalue weighted by Gasteiger charge is 2.33. The van der Waals surface area contributed by atoms with Crippen LogP contribution in [0.1, 0.15) is 46.5 Å². The third-order valence-corrected chi connectivity index (χ3v) is 6.50. The molecule has 1 amide bonds. The van der Waals surface area contributed by atoms with Crippen molar-refractivity contribution in [3.05, 3.63) is 0 Å². The first kappa shape index (κ1) is 23.6. The molecule has 1 fully saturated rings. The molecule has 0 radical (unpaired) electrons. The number of sulfonamides is 1.